The molecule has 0 unspecified atom stereocenters. The van der Waals surface area contributed by atoms with Gasteiger partial charge in [0.2, 0.25) is 0 Å². The first kappa shape index (κ1) is 19.3. The van der Waals surface area contributed by atoms with Gasteiger partial charge in [0.1, 0.15) is 11.3 Å². The van der Waals surface area contributed by atoms with Gasteiger partial charge in [-0.15, -0.1) is 0 Å². The second-order valence-corrected chi connectivity index (χ2v) is 7.13. The van der Waals surface area contributed by atoms with Crippen molar-refractivity contribution in [2.75, 3.05) is 6.61 Å². The summed E-state index contributed by atoms with van der Waals surface area (Å²) in [7, 11) is 0. The highest BCUT2D eigenvalue weighted by molar-refractivity contribution is 9.10. The standard InChI is InChI=1S/C20H17BrN2O3S/c1-2-26-17-10-12(9-15-18(24)22-20(27)23-19(15)25)7-8-14(17)11-13-5-3-4-6-16(13)21/h3-10H,2,11H2,1H3,(H2,22,23,24,25,27). The third kappa shape index (κ3) is 4.61. The number of hydrogen-bond donors (Lipinski definition) is 2. The minimum atomic E-state index is -0.515. The maximum atomic E-state index is 12.0. The van der Waals surface area contributed by atoms with Crippen LogP contribution < -0.4 is 15.4 Å². The molecule has 0 radical (unpaired) electrons. The van der Waals surface area contributed by atoms with E-state index in [-0.39, 0.29) is 10.7 Å². The molecule has 1 saturated heterocycles. The molecule has 2 aromatic carbocycles. The number of halogens is 1. The molecule has 2 N–H and O–H groups in total. The molecule has 1 fully saturated rings. The van der Waals surface area contributed by atoms with Gasteiger partial charge in [0.05, 0.1) is 6.61 Å². The van der Waals surface area contributed by atoms with E-state index in [1.165, 1.54) is 6.08 Å². The maximum absolute atomic E-state index is 12.0. The van der Waals surface area contributed by atoms with Crippen molar-refractivity contribution in [2.45, 2.75) is 13.3 Å². The summed E-state index contributed by atoms with van der Waals surface area (Å²) in [5.41, 5.74) is 2.86. The lowest BCUT2D eigenvalue weighted by molar-refractivity contribution is -0.123. The molecule has 0 aromatic heterocycles. The van der Waals surface area contributed by atoms with Crippen molar-refractivity contribution in [2.24, 2.45) is 0 Å². The molecule has 27 heavy (non-hydrogen) atoms. The number of carbonyl (C=O) groups excluding carboxylic acids is 2. The van der Waals surface area contributed by atoms with E-state index >= 15 is 0 Å². The van der Waals surface area contributed by atoms with Gasteiger partial charge in [0, 0.05) is 10.9 Å². The van der Waals surface area contributed by atoms with Gasteiger partial charge in [-0.25, -0.2) is 0 Å². The molecule has 1 aliphatic heterocycles. The average molecular weight is 445 g/mol. The van der Waals surface area contributed by atoms with Crippen LogP contribution in [0.3, 0.4) is 0 Å². The summed E-state index contributed by atoms with van der Waals surface area (Å²) in [6.07, 6.45) is 2.22. The van der Waals surface area contributed by atoms with E-state index in [9.17, 15) is 9.59 Å². The van der Waals surface area contributed by atoms with E-state index in [0.29, 0.717) is 18.6 Å². The van der Waals surface area contributed by atoms with Crippen LogP contribution >= 0.6 is 28.1 Å². The molecular weight excluding hydrogens is 428 g/mol. The van der Waals surface area contributed by atoms with E-state index in [1.807, 2.05) is 43.3 Å². The van der Waals surface area contributed by atoms with Crippen molar-refractivity contribution < 1.29 is 14.3 Å². The van der Waals surface area contributed by atoms with Crippen molar-refractivity contribution in [1.82, 2.24) is 10.6 Å². The zero-order chi connectivity index (χ0) is 19.4. The first-order valence-electron chi connectivity index (χ1n) is 8.35. The Morgan fingerprint density at radius 2 is 1.78 bits per heavy atom. The number of nitrogens with one attached hydrogen (secondary N) is 2. The predicted molar refractivity (Wildman–Crippen MR) is 111 cm³/mol. The molecule has 5 nitrogen and oxygen atoms in total. The summed E-state index contributed by atoms with van der Waals surface area (Å²) in [5.74, 6) is -0.312. The quantitative estimate of drug-likeness (QED) is 0.421. The van der Waals surface area contributed by atoms with Crippen LogP contribution in [0.2, 0.25) is 0 Å². The maximum Gasteiger partial charge on any atom is 0.263 e. The fraction of sp³-hybridized carbons (Fsp3) is 0.150. The van der Waals surface area contributed by atoms with Gasteiger partial charge in [-0.05, 0) is 54.0 Å². The fourth-order valence-corrected chi connectivity index (χ4v) is 3.33. The summed E-state index contributed by atoms with van der Waals surface area (Å²) >= 11 is 8.37. The highest BCUT2D eigenvalue weighted by Gasteiger charge is 2.25. The van der Waals surface area contributed by atoms with Gasteiger partial charge >= 0.3 is 0 Å². The highest BCUT2D eigenvalue weighted by Crippen LogP contribution is 2.27. The largest absolute Gasteiger partial charge is 0.494 e. The Hall–Kier alpha value is -2.51. The molecule has 0 saturated carbocycles. The smallest absolute Gasteiger partial charge is 0.263 e. The lowest BCUT2D eigenvalue weighted by atomic mass is 10.0. The van der Waals surface area contributed by atoms with Gasteiger partial charge in [-0.3, -0.25) is 20.2 Å². The molecule has 0 spiro atoms. The molecule has 1 aliphatic rings. The molecule has 0 bridgehead atoms. The molecule has 3 rings (SSSR count). The number of thiocarbonyl (C=S) groups is 1. The van der Waals surface area contributed by atoms with Crippen LogP contribution in [-0.4, -0.2) is 23.5 Å². The number of amides is 2. The Labute approximate surface area is 170 Å². The summed E-state index contributed by atoms with van der Waals surface area (Å²) in [4.78, 5) is 24.0. The minimum Gasteiger partial charge on any atom is -0.494 e. The minimum absolute atomic E-state index is 0.00426. The molecule has 0 aliphatic carbocycles. The van der Waals surface area contributed by atoms with Crippen LogP contribution in [0, 0.1) is 0 Å². The Bertz CT molecular complexity index is 934. The fourth-order valence-electron chi connectivity index (χ4n) is 2.72. The number of ether oxygens (including phenoxy) is 1. The van der Waals surface area contributed by atoms with Crippen LogP contribution in [0.5, 0.6) is 5.75 Å². The van der Waals surface area contributed by atoms with Gasteiger partial charge in [0.25, 0.3) is 11.8 Å². The van der Waals surface area contributed by atoms with Crippen molar-refractivity contribution in [3.8, 4) is 5.75 Å². The zero-order valence-corrected chi connectivity index (χ0v) is 16.9. The molecule has 2 aromatic rings. The first-order chi connectivity index (χ1) is 13.0. The van der Waals surface area contributed by atoms with Gasteiger partial charge in [-0.1, -0.05) is 46.3 Å². The third-order valence-corrected chi connectivity index (χ3v) is 4.96. The van der Waals surface area contributed by atoms with Crippen molar-refractivity contribution in [3.05, 3.63) is 69.2 Å². The second-order valence-electron chi connectivity index (χ2n) is 5.86. The van der Waals surface area contributed by atoms with Crippen molar-refractivity contribution in [1.29, 1.82) is 0 Å². The zero-order valence-electron chi connectivity index (χ0n) is 14.5. The summed E-state index contributed by atoms with van der Waals surface area (Å²) in [6, 6.07) is 13.6. The average Bonchev–Trinajstić information content (AvgIpc) is 2.62. The van der Waals surface area contributed by atoms with Crippen molar-refractivity contribution in [3.63, 3.8) is 0 Å². The SMILES string of the molecule is CCOc1cc(C=C2C(=O)NC(=S)NC2=O)ccc1Cc1ccccc1Br. The van der Waals surface area contributed by atoms with Gasteiger partial charge in [-0.2, -0.15) is 0 Å². The van der Waals surface area contributed by atoms with Crippen LogP contribution in [-0.2, 0) is 16.0 Å². The lowest BCUT2D eigenvalue weighted by Gasteiger charge is -2.17. The molecule has 0 atom stereocenters. The summed E-state index contributed by atoms with van der Waals surface area (Å²) in [6.45, 7) is 2.43. The Balaban J connectivity index is 1.93. The van der Waals surface area contributed by atoms with Crippen LogP contribution in [0.4, 0.5) is 0 Å². The Morgan fingerprint density at radius 3 is 2.44 bits per heavy atom. The van der Waals surface area contributed by atoms with Gasteiger partial charge in [0.15, 0.2) is 5.11 Å². The highest BCUT2D eigenvalue weighted by atomic mass is 79.9. The van der Waals surface area contributed by atoms with E-state index < -0.39 is 11.8 Å². The first-order valence-corrected chi connectivity index (χ1v) is 9.55. The Morgan fingerprint density at radius 1 is 1.07 bits per heavy atom. The molecule has 138 valence electrons. The van der Waals surface area contributed by atoms with E-state index in [1.54, 1.807) is 0 Å². The van der Waals surface area contributed by atoms with Crippen LogP contribution in [0.15, 0.2) is 52.5 Å². The molecule has 1 heterocycles. The number of rotatable bonds is 5. The normalized spacial score (nSPS) is 13.9. The van der Waals surface area contributed by atoms with E-state index in [0.717, 1.165) is 21.3 Å². The summed E-state index contributed by atoms with van der Waals surface area (Å²) in [5, 5.41) is 4.87. The summed E-state index contributed by atoms with van der Waals surface area (Å²) < 4.78 is 6.82. The Kier molecular flexibility index (Phi) is 6.03. The molecular formula is C20H17BrN2O3S. The lowest BCUT2D eigenvalue weighted by Crippen LogP contribution is -2.51. The van der Waals surface area contributed by atoms with E-state index in [4.69, 9.17) is 17.0 Å². The van der Waals surface area contributed by atoms with E-state index in [2.05, 4.69) is 32.6 Å². The van der Waals surface area contributed by atoms with Crippen LogP contribution in [0.1, 0.15) is 23.6 Å². The monoisotopic (exact) mass is 444 g/mol. The predicted octanol–water partition coefficient (Wildman–Crippen LogP) is 3.35. The molecule has 2 amide bonds. The topological polar surface area (TPSA) is 67.4 Å². The molecule has 7 heteroatoms. The van der Waals surface area contributed by atoms with Crippen LogP contribution in [0.25, 0.3) is 6.08 Å². The number of benzene rings is 2. The number of hydrogen-bond acceptors (Lipinski definition) is 4. The van der Waals surface area contributed by atoms with Crippen molar-refractivity contribution >= 4 is 51.2 Å². The van der Waals surface area contributed by atoms with Gasteiger partial charge < -0.3 is 4.74 Å². The third-order valence-electron chi connectivity index (χ3n) is 3.98. The second kappa shape index (κ2) is 8.45. The number of carbonyl (C=O) groups is 2.